The van der Waals surface area contributed by atoms with E-state index >= 15 is 0 Å². The van der Waals surface area contributed by atoms with Crippen LogP contribution in [0.15, 0.2) is 48.8 Å². The third-order valence-corrected chi connectivity index (χ3v) is 9.06. The van der Waals surface area contributed by atoms with Crippen molar-refractivity contribution in [3.63, 3.8) is 0 Å². The van der Waals surface area contributed by atoms with Crippen LogP contribution in [0.4, 0.5) is 0 Å². The van der Waals surface area contributed by atoms with Crippen LogP contribution in [0.3, 0.4) is 0 Å². The number of methoxy groups -OCH3 is 2. The van der Waals surface area contributed by atoms with Crippen molar-refractivity contribution in [3.8, 4) is 11.5 Å². The van der Waals surface area contributed by atoms with E-state index in [2.05, 4.69) is 20.6 Å². The zero-order valence-electron chi connectivity index (χ0n) is 23.8. The van der Waals surface area contributed by atoms with Crippen molar-refractivity contribution in [2.45, 2.75) is 24.9 Å². The molecule has 10 nitrogen and oxygen atoms in total. The van der Waals surface area contributed by atoms with E-state index in [1.165, 1.54) is 21.6 Å². The third kappa shape index (κ3) is 10.9. The van der Waals surface area contributed by atoms with Gasteiger partial charge in [-0.05, 0) is 60.4 Å². The molecule has 0 saturated heterocycles. The Morgan fingerprint density at radius 2 is 1.14 bits per heavy atom. The van der Waals surface area contributed by atoms with Gasteiger partial charge in [0.15, 0.2) is 0 Å². The van der Waals surface area contributed by atoms with Crippen molar-refractivity contribution in [1.82, 2.24) is 20.6 Å². The number of halogens is 3. The molecule has 0 aliphatic rings. The fraction of sp³-hybridized carbons (Fsp3) is 0.357. The summed E-state index contributed by atoms with van der Waals surface area (Å²) in [5.74, 6) is 2.00. The number of benzene rings is 2. The topological polar surface area (TPSA) is 160 Å². The number of aromatic amines is 2. The second-order valence-corrected chi connectivity index (χ2v) is 11.9. The molecule has 0 aliphatic carbocycles. The van der Waals surface area contributed by atoms with Crippen molar-refractivity contribution >= 4 is 106 Å². The van der Waals surface area contributed by atoms with Gasteiger partial charge < -0.3 is 41.5 Å². The van der Waals surface area contributed by atoms with E-state index < -0.39 is 12.1 Å². The minimum atomic E-state index is -0.652. The van der Waals surface area contributed by atoms with Gasteiger partial charge in [-0.25, -0.2) is 0 Å². The summed E-state index contributed by atoms with van der Waals surface area (Å²) in [5.41, 5.74) is 16.4. The maximum Gasteiger partial charge on any atom is 0.237 e. The molecule has 8 N–H and O–H groups in total. The van der Waals surface area contributed by atoms with Crippen LogP contribution in [0.5, 0.6) is 11.5 Å². The Morgan fingerprint density at radius 3 is 1.51 bits per heavy atom. The van der Waals surface area contributed by atoms with Gasteiger partial charge in [0.1, 0.15) is 11.5 Å². The number of nitrogens with one attached hydrogen (secondary N) is 4. The van der Waals surface area contributed by atoms with Crippen molar-refractivity contribution in [2.75, 3.05) is 38.8 Å². The van der Waals surface area contributed by atoms with Gasteiger partial charge in [0, 0.05) is 58.8 Å². The summed E-state index contributed by atoms with van der Waals surface area (Å²) in [5, 5.41) is 7.95. The first-order valence-electron chi connectivity index (χ1n) is 13.0. The van der Waals surface area contributed by atoms with Crippen LogP contribution in [-0.4, -0.2) is 72.7 Å². The first-order chi connectivity index (χ1) is 19.4. The van der Waals surface area contributed by atoms with Crippen LogP contribution in [-0.2, 0) is 22.4 Å². The van der Waals surface area contributed by atoms with Crippen molar-refractivity contribution in [3.05, 3.63) is 59.9 Å². The predicted octanol–water partition coefficient (Wildman–Crippen LogP) is 4.45. The molecule has 43 heavy (non-hydrogen) atoms. The van der Waals surface area contributed by atoms with Gasteiger partial charge in [0.2, 0.25) is 11.8 Å². The highest BCUT2D eigenvalue weighted by atomic mass is 79.9. The summed E-state index contributed by atoms with van der Waals surface area (Å²) >= 11 is 0. The number of aromatic nitrogens is 2. The smallest absolute Gasteiger partial charge is 0.237 e. The number of carbonyl (C=O) groups excluding carboxylic acids is 2. The van der Waals surface area contributed by atoms with Gasteiger partial charge >= 0.3 is 0 Å². The van der Waals surface area contributed by atoms with Crippen molar-refractivity contribution in [1.29, 1.82) is 0 Å². The first-order valence-corrected chi connectivity index (χ1v) is 15.5. The summed E-state index contributed by atoms with van der Waals surface area (Å²) in [4.78, 5) is 31.3. The van der Waals surface area contributed by atoms with E-state index in [0.717, 1.165) is 44.4 Å². The lowest BCUT2D eigenvalue weighted by molar-refractivity contribution is -0.122. The Hall–Kier alpha value is -1.88. The maximum atomic E-state index is 12.4. The molecule has 0 saturated carbocycles. The lowest BCUT2D eigenvalue weighted by Crippen LogP contribution is -2.43. The SMILES string of the molecule is Br.Br.Br.COc1ccc2[nH]cc(CCNC(=O)C(N)CSSCC(N)C(=O)NCCc3c[nH]c4ccc(OC)cc34)c2c1. The second kappa shape index (κ2) is 19.5. The number of hydrogen-bond donors (Lipinski definition) is 6. The Labute approximate surface area is 290 Å². The fourth-order valence-electron chi connectivity index (χ4n) is 4.28. The second-order valence-electron chi connectivity index (χ2n) is 9.31. The molecule has 2 atom stereocenters. The molecule has 238 valence electrons. The summed E-state index contributed by atoms with van der Waals surface area (Å²) in [6.45, 7) is 0.956. The first kappa shape index (κ1) is 39.1. The molecule has 2 aromatic carbocycles. The standard InChI is InChI=1S/C28H36N6O4S2.3BrH/c1-37-19-3-5-25-21(11-19)17(13-33-25)7-9-31-27(35)23(29)15-39-40-16-24(30)28(36)32-10-8-18-14-34-26-6-4-20(38-2)12-22(18)26;;;/h3-6,11-14,23-24,33-34H,7-10,15-16,29-30H2,1-2H3,(H,31,35)(H,32,36);3*1H. The number of nitrogens with two attached hydrogens (primary N) is 2. The van der Waals surface area contributed by atoms with Crippen molar-refractivity contribution in [2.24, 2.45) is 11.5 Å². The number of H-pyrrole nitrogens is 2. The van der Waals surface area contributed by atoms with Crippen molar-refractivity contribution < 1.29 is 19.1 Å². The highest BCUT2D eigenvalue weighted by Crippen LogP contribution is 2.25. The highest BCUT2D eigenvalue weighted by Gasteiger charge is 2.17. The number of ether oxygens (including phenoxy) is 2. The van der Waals surface area contributed by atoms with E-state index in [1.807, 2.05) is 48.8 Å². The predicted molar refractivity (Wildman–Crippen MR) is 195 cm³/mol. The number of carbonyl (C=O) groups is 2. The fourth-order valence-corrected chi connectivity index (χ4v) is 6.53. The van der Waals surface area contributed by atoms with Crippen LogP contribution in [0.25, 0.3) is 21.8 Å². The molecule has 0 aliphatic heterocycles. The van der Waals surface area contributed by atoms with E-state index in [0.29, 0.717) is 37.4 Å². The van der Waals surface area contributed by atoms with Gasteiger partial charge in [0.05, 0.1) is 26.3 Å². The zero-order valence-corrected chi connectivity index (χ0v) is 30.6. The number of hydrogen-bond acceptors (Lipinski definition) is 8. The van der Waals surface area contributed by atoms with Gasteiger partial charge in [-0.2, -0.15) is 0 Å². The number of fused-ring (bicyclic) bond motifs is 2. The minimum Gasteiger partial charge on any atom is -0.497 e. The number of rotatable bonds is 15. The van der Waals surface area contributed by atoms with Gasteiger partial charge in [0.25, 0.3) is 0 Å². The van der Waals surface area contributed by atoms with Crippen LogP contribution in [0.1, 0.15) is 11.1 Å². The summed E-state index contributed by atoms with van der Waals surface area (Å²) < 4.78 is 10.6. The number of amides is 2. The average Bonchev–Trinajstić information content (AvgIpc) is 3.57. The van der Waals surface area contributed by atoms with Crippen LogP contribution < -0.4 is 31.6 Å². The Kier molecular flexibility index (Phi) is 17.7. The molecule has 15 heteroatoms. The van der Waals surface area contributed by atoms with E-state index in [-0.39, 0.29) is 62.8 Å². The van der Waals surface area contributed by atoms with Gasteiger partial charge in [-0.15, -0.1) is 50.9 Å². The monoisotopic (exact) mass is 824 g/mol. The molecular formula is C28H39Br3N6O4S2. The molecule has 0 spiro atoms. The lowest BCUT2D eigenvalue weighted by atomic mass is 10.1. The molecule has 4 aromatic rings. The normalized spacial score (nSPS) is 11.9. The lowest BCUT2D eigenvalue weighted by Gasteiger charge is -2.14. The molecular weight excluding hydrogens is 788 g/mol. The maximum absolute atomic E-state index is 12.4. The molecule has 0 fully saturated rings. The Bertz CT molecular complexity index is 1350. The van der Waals surface area contributed by atoms with Crippen LogP contribution in [0.2, 0.25) is 0 Å². The average molecular weight is 828 g/mol. The molecule has 0 bridgehead atoms. The van der Waals surface area contributed by atoms with E-state index in [4.69, 9.17) is 20.9 Å². The highest BCUT2D eigenvalue weighted by molar-refractivity contribution is 8.93. The van der Waals surface area contributed by atoms with Gasteiger partial charge in [-0.1, -0.05) is 21.6 Å². The summed E-state index contributed by atoms with van der Waals surface area (Å²) in [6.07, 6.45) is 5.24. The molecule has 2 heterocycles. The van der Waals surface area contributed by atoms with E-state index in [1.54, 1.807) is 14.2 Å². The quantitative estimate of drug-likeness (QED) is 0.0758. The molecule has 0 radical (unpaired) electrons. The summed E-state index contributed by atoms with van der Waals surface area (Å²) in [6, 6.07) is 10.4. The summed E-state index contributed by atoms with van der Waals surface area (Å²) in [7, 11) is 6.15. The molecule has 2 amide bonds. The van der Waals surface area contributed by atoms with E-state index in [9.17, 15) is 9.59 Å². The Balaban J connectivity index is 0.00000308. The van der Waals surface area contributed by atoms with Crippen LogP contribution >= 0.6 is 72.5 Å². The molecule has 2 aromatic heterocycles. The minimum absolute atomic E-state index is 0. The Morgan fingerprint density at radius 1 is 0.744 bits per heavy atom. The largest absolute Gasteiger partial charge is 0.497 e. The third-order valence-electron chi connectivity index (χ3n) is 6.59. The molecule has 4 rings (SSSR count). The van der Waals surface area contributed by atoms with Gasteiger partial charge in [-0.3, -0.25) is 9.59 Å². The van der Waals surface area contributed by atoms with Crippen LogP contribution in [0, 0.1) is 0 Å². The zero-order chi connectivity index (χ0) is 28.5. The molecule has 2 unspecified atom stereocenters.